The van der Waals surface area contributed by atoms with Gasteiger partial charge in [0.2, 0.25) is 11.2 Å². The maximum atomic E-state index is 12.4. The van der Waals surface area contributed by atoms with Crippen LogP contribution in [0, 0.1) is 24.2 Å². The predicted octanol–water partition coefficient (Wildman–Crippen LogP) is 2.77. The lowest BCUT2D eigenvalue weighted by Crippen LogP contribution is -2.04. The molecule has 0 amide bonds. The Labute approximate surface area is 181 Å². The van der Waals surface area contributed by atoms with Crippen LogP contribution in [0.3, 0.4) is 0 Å². The first-order chi connectivity index (χ1) is 15.2. The maximum absolute atomic E-state index is 12.4. The zero-order valence-corrected chi connectivity index (χ0v) is 16.0. The van der Waals surface area contributed by atoms with Crippen LogP contribution in [0.25, 0.3) is 22.3 Å². The molecule has 0 saturated carbocycles. The van der Waals surface area contributed by atoms with Crippen molar-refractivity contribution in [1.29, 1.82) is 0 Å². The normalized spacial score (nSPS) is 9.78. The minimum atomic E-state index is -1.03. The Morgan fingerprint density at radius 2 is 1.62 bits per heavy atom. The highest BCUT2D eigenvalue weighted by molar-refractivity contribution is 5.88. The van der Waals surface area contributed by atoms with Gasteiger partial charge in [-0.1, -0.05) is 5.92 Å². The lowest BCUT2D eigenvalue weighted by molar-refractivity contribution is -0.684. The lowest BCUT2D eigenvalue weighted by Gasteiger charge is -2.10. The highest BCUT2D eigenvalue weighted by atomic mass is 17.8. The molecule has 3 rings (SSSR count). The SMILES string of the molecule is C#CC#CC.O=c1c(O)c(-c2cc(O)c(O)c(O)c2)oc2cc(OOOOO)cc(O)c12.[HH].[HH]. The smallest absolute Gasteiger partial charge is 0.238 e. The summed E-state index contributed by atoms with van der Waals surface area (Å²) in [7, 11) is 0. The van der Waals surface area contributed by atoms with Crippen molar-refractivity contribution in [3.8, 4) is 70.0 Å². The topological polar surface area (TPSA) is 189 Å². The maximum Gasteiger partial charge on any atom is 0.238 e. The molecule has 0 saturated heterocycles. The summed E-state index contributed by atoms with van der Waals surface area (Å²) in [6, 6.07) is 3.82. The largest absolute Gasteiger partial charge is 0.507 e. The van der Waals surface area contributed by atoms with Gasteiger partial charge in [0.25, 0.3) is 0 Å². The van der Waals surface area contributed by atoms with E-state index in [0.717, 1.165) is 24.3 Å². The molecule has 0 aliphatic rings. The first-order valence-corrected chi connectivity index (χ1v) is 8.22. The van der Waals surface area contributed by atoms with E-state index in [4.69, 9.17) is 16.1 Å². The summed E-state index contributed by atoms with van der Waals surface area (Å²) in [4.78, 5) is 16.9. The van der Waals surface area contributed by atoms with Crippen LogP contribution in [-0.2, 0) is 15.1 Å². The average Bonchev–Trinajstić information content (AvgIpc) is 2.75. The molecule has 12 nitrogen and oxygen atoms in total. The number of terminal acetylenes is 1. The van der Waals surface area contributed by atoms with Gasteiger partial charge in [-0.2, -0.15) is 0 Å². The fourth-order valence-corrected chi connectivity index (χ4v) is 2.38. The fourth-order valence-electron chi connectivity index (χ4n) is 2.38. The van der Waals surface area contributed by atoms with Crippen molar-refractivity contribution in [1.82, 2.24) is 0 Å². The number of hydrogen-bond acceptors (Lipinski definition) is 12. The van der Waals surface area contributed by atoms with E-state index in [9.17, 15) is 30.3 Å². The monoisotopic (exact) mass is 450 g/mol. The van der Waals surface area contributed by atoms with Crippen LogP contribution in [-0.4, -0.2) is 30.8 Å². The average molecular weight is 450 g/mol. The Bertz CT molecular complexity index is 1280. The van der Waals surface area contributed by atoms with Crippen LogP contribution in [0.15, 0.2) is 33.5 Å². The molecule has 0 atom stereocenters. The molecule has 1 heterocycles. The van der Waals surface area contributed by atoms with Crippen LogP contribution < -0.4 is 10.3 Å². The summed E-state index contributed by atoms with van der Waals surface area (Å²) in [5.41, 5.74) is -1.47. The molecule has 6 N–H and O–H groups in total. The highest BCUT2D eigenvalue weighted by Crippen LogP contribution is 2.42. The van der Waals surface area contributed by atoms with Crippen LogP contribution >= 0.6 is 0 Å². The second-order valence-corrected chi connectivity index (χ2v) is 5.60. The van der Waals surface area contributed by atoms with Crippen LogP contribution in [0.1, 0.15) is 9.78 Å². The standard InChI is InChI=1S/C15H10O12.C5H4.2H2/c16-7-3-6(24-26-27-25-22)4-10-11(7)13(20)14(21)15(23-10)5-1-8(17)12(19)9(18)2-5;1-3-5-4-2;;/h1-4,16-19,21-22H;1H,2H3;2*1H. The number of benzene rings is 2. The number of rotatable bonds is 5. The molecule has 0 unspecified atom stereocenters. The molecule has 0 radical (unpaired) electrons. The molecule has 0 aliphatic heterocycles. The third-order valence-corrected chi connectivity index (χ3v) is 3.64. The molecule has 170 valence electrons. The number of hydrogen-bond donors (Lipinski definition) is 6. The molecular weight excluding hydrogens is 432 g/mol. The van der Waals surface area contributed by atoms with Gasteiger partial charge in [-0.3, -0.25) is 4.79 Å². The first-order valence-electron chi connectivity index (χ1n) is 8.22. The van der Waals surface area contributed by atoms with E-state index in [-0.39, 0.29) is 19.7 Å². The minimum absolute atomic E-state index is 0. The Morgan fingerprint density at radius 3 is 2.16 bits per heavy atom. The third-order valence-electron chi connectivity index (χ3n) is 3.64. The summed E-state index contributed by atoms with van der Waals surface area (Å²) >= 11 is 0. The summed E-state index contributed by atoms with van der Waals surface area (Å²) < 4.78 is 5.37. The summed E-state index contributed by atoms with van der Waals surface area (Å²) in [5.74, 6) is 2.49. The minimum Gasteiger partial charge on any atom is -0.507 e. The van der Waals surface area contributed by atoms with Gasteiger partial charge >= 0.3 is 0 Å². The van der Waals surface area contributed by atoms with Gasteiger partial charge in [0.1, 0.15) is 16.7 Å². The lowest BCUT2D eigenvalue weighted by atomic mass is 10.1. The molecule has 0 spiro atoms. The van der Waals surface area contributed by atoms with Crippen LogP contribution in [0.5, 0.6) is 34.5 Å². The second kappa shape index (κ2) is 10.4. The fraction of sp³-hybridized carbons (Fsp3) is 0.0500. The van der Waals surface area contributed by atoms with E-state index in [2.05, 4.69) is 37.8 Å². The van der Waals surface area contributed by atoms with E-state index < -0.39 is 45.3 Å². The Balaban J connectivity index is 0.00000141. The number of fused-ring (bicyclic) bond motifs is 1. The van der Waals surface area contributed by atoms with E-state index >= 15 is 0 Å². The van der Waals surface area contributed by atoms with Crippen LogP contribution in [0.4, 0.5) is 0 Å². The van der Waals surface area contributed by atoms with Crippen molar-refractivity contribution < 1.29 is 58.1 Å². The number of phenolic OH excluding ortho intramolecular Hbond substituents is 4. The van der Waals surface area contributed by atoms with Gasteiger partial charge in [-0.25, -0.2) is 5.26 Å². The van der Waals surface area contributed by atoms with Gasteiger partial charge in [0.05, 0.1) is 0 Å². The van der Waals surface area contributed by atoms with Crippen molar-refractivity contribution in [3.05, 3.63) is 34.5 Å². The zero-order chi connectivity index (χ0) is 23.8. The molecular formula is C20H18O12. The zero-order valence-electron chi connectivity index (χ0n) is 16.0. The Hall–Kier alpha value is -4.59. The molecule has 0 fully saturated rings. The molecule has 32 heavy (non-hydrogen) atoms. The van der Waals surface area contributed by atoms with E-state index in [1.54, 1.807) is 6.92 Å². The number of aromatic hydroxyl groups is 5. The summed E-state index contributed by atoms with van der Waals surface area (Å²) in [6.07, 6.45) is 4.72. The van der Waals surface area contributed by atoms with Crippen molar-refractivity contribution >= 4 is 11.0 Å². The van der Waals surface area contributed by atoms with E-state index in [0.29, 0.717) is 0 Å². The molecule has 2 aromatic carbocycles. The second-order valence-electron chi connectivity index (χ2n) is 5.60. The van der Waals surface area contributed by atoms with Crippen LogP contribution in [0.2, 0.25) is 0 Å². The molecule has 12 heteroatoms. The third kappa shape index (κ3) is 5.11. The molecule has 0 aliphatic carbocycles. The van der Waals surface area contributed by atoms with Gasteiger partial charge in [0.15, 0.2) is 28.8 Å². The van der Waals surface area contributed by atoms with Gasteiger partial charge in [0, 0.05) is 30.6 Å². The summed E-state index contributed by atoms with van der Waals surface area (Å²) in [5, 5.41) is 66.9. The summed E-state index contributed by atoms with van der Waals surface area (Å²) in [6.45, 7) is 1.71. The van der Waals surface area contributed by atoms with Crippen molar-refractivity contribution in [2.45, 2.75) is 6.92 Å². The first kappa shape index (κ1) is 23.7. The Kier molecular flexibility index (Phi) is 7.73. The van der Waals surface area contributed by atoms with E-state index in [1.165, 1.54) is 0 Å². The van der Waals surface area contributed by atoms with Gasteiger partial charge < -0.3 is 34.8 Å². The molecule has 3 aromatic rings. The molecule has 0 bridgehead atoms. The Morgan fingerprint density at radius 1 is 0.969 bits per heavy atom. The van der Waals surface area contributed by atoms with Gasteiger partial charge in [-0.15, -0.1) is 6.42 Å². The van der Waals surface area contributed by atoms with Gasteiger partial charge in [-0.05, 0) is 35.9 Å². The molecule has 1 aromatic heterocycles. The van der Waals surface area contributed by atoms with E-state index in [1.807, 2.05) is 0 Å². The quantitative estimate of drug-likeness (QED) is 0.110. The van der Waals surface area contributed by atoms with Crippen molar-refractivity contribution in [2.75, 3.05) is 0 Å². The van der Waals surface area contributed by atoms with Crippen molar-refractivity contribution in [2.24, 2.45) is 0 Å². The predicted molar refractivity (Wildman–Crippen MR) is 109 cm³/mol. The highest BCUT2D eigenvalue weighted by Gasteiger charge is 2.21. The van der Waals surface area contributed by atoms with Crippen molar-refractivity contribution in [3.63, 3.8) is 0 Å². The number of phenols is 4.